The maximum atomic E-state index is 12.2. The molecule has 1 saturated heterocycles. The zero-order chi connectivity index (χ0) is 14.4. The van der Waals surface area contributed by atoms with Crippen molar-refractivity contribution < 1.29 is 9.53 Å². The maximum absolute atomic E-state index is 12.2. The van der Waals surface area contributed by atoms with Gasteiger partial charge in [0, 0.05) is 20.1 Å². The molecule has 0 saturated carbocycles. The van der Waals surface area contributed by atoms with Crippen molar-refractivity contribution in [3.05, 3.63) is 18.2 Å². The zero-order valence-electron chi connectivity index (χ0n) is 12.1. The number of hydrogen-bond acceptors (Lipinski definition) is 5. The van der Waals surface area contributed by atoms with Gasteiger partial charge in [0.1, 0.15) is 17.7 Å². The van der Waals surface area contributed by atoms with Gasteiger partial charge >= 0.3 is 0 Å². The van der Waals surface area contributed by atoms with Crippen LogP contribution in [0.5, 0.6) is 0 Å². The van der Waals surface area contributed by atoms with Crippen LogP contribution in [-0.2, 0) is 9.53 Å². The molecule has 1 aromatic rings. The van der Waals surface area contributed by atoms with E-state index >= 15 is 0 Å². The lowest BCUT2D eigenvalue weighted by molar-refractivity contribution is -0.124. The molecule has 0 radical (unpaired) electrons. The summed E-state index contributed by atoms with van der Waals surface area (Å²) in [5.41, 5.74) is 0. The minimum Gasteiger partial charge on any atom is -0.377 e. The molecule has 2 heterocycles. The Hall–Kier alpha value is -1.82. The molecule has 110 valence electrons. The van der Waals surface area contributed by atoms with Crippen LogP contribution in [0.25, 0.3) is 0 Å². The Morgan fingerprint density at radius 1 is 1.55 bits per heavy atom. The second-order valence-electron chi connectivity index (χ2n) is 4.71. The average molecular weight is 278 g/mol. The lowest BCUT2D eigenvalue weighted by atomic mass is 10.2. The number of aromatic nitrogens is 1. The van der Waals surface area contributed by atoms with E-state index in [4.69, 9.17) is 4.74 Å². The average Bonchev–Trinajstić information content (AvgIpc) is 2.52. The molecule has 0 aliphatic carbocycles. The first-order chi connectivity index (χ1) is 9.76. The van der Waals surface area contributed by atoms with Crippen molar-refractivity contribution in [1.82, 2.24) is 10.3 Å². The second kappa shape index (κ2) is 7.09. The number of ether oxygens (including phenoxy) is 1. The van der Waals surface area contributed by atoms with E-state index in [1.165, 1.54) is 0 Å². The third kappa shape index (κ3) is 3.39. The van der Waals surface area contributed by atoms with Crippen LogP contribution in [0.2, 0.25) is 0 Å². The fourth-order valence-corrected chi connectivity index (χ4v) is 2.18. The minimum absolute atomic E-state index is 0.00297. The Balaban J connectivity index is 2.15. The van der Waals surface area contributed by atoms with Crippen molar-refractivity contribution in [3.8, 4) is 0 Å². The summed E-state index contributed by atoms with van der Waals surface area (Å²) in [7, 11) is 1.83. The van der Waals surface area contributed by atoms with E-state index in [1.54, 1.807) is 0 Å². The van der Waals surface area contributed by atoms with Gasteiger partial charge in [-0.05, 0) is 18.6 Å². The summed E-state index contributed by atoms with van der Waals surface area (Å²) in [4.78, 5) is 18.7. The number of morpholine rings is 1. The number of amides is 1. The SMILES string of the molecule is CCCNC(=O)C1COCCN1c1cccc(NC)n1. The summed E-state index contributed by atoms with van der Waals surface area (Å²) < 4.78 is 5.45. The lowest BCUT2D eigenvalue weighted by Gasteiger charge is -2.35. The molecule has 1 atom stereocenters. The Labute approximate surface area is 119 Å². The van der Waals surface area contributed by atoms with Crippen LogP contribution in [0, 0.1) is 0 Å². The van der Waals surface area contributed by atoms with Crippen LogP contribution in [0.4, 0.5) is 11.6 Å². The molecule has 1 unspecified atom stereocenters. The summed E-state index contributed by atoms with van der Waals surface area (Å²) in [5, 5.41) is 5.94. The highest BCUT2D eigenvalue weighted by Gasteiger charge is 2.30. The van der Waals surface area contributed by atoms with Crippen molar-refractivity contribution in [2.24, 2.45) is 0 Å². The van der Waals surface area contributed by atoms with Gasteiger partial charge in [0.05, 0.1) is 13.2 Å². The third-order valence-electron chi connectivity index (χ3n) is 3.27. The van der Waals surface area contributed by atoms with Crippen molar-refractivity contribution in [2.45, 2.75) is 19.4 Å². The molecule has 0 aromatic carbocycles. The lowest BCUT2D eigenvalue weighted by Crippen LogP contribution is -2.54. The van der Waals surface area contributed by atoms with E-state index in [9.17, 15) is 4.79 Å². The van der Waals surface area contributed by atoms with E-state index in [-0.39, 0.29) is 11.9 Å². The van der Waals surface area contributed by atoms with Gasteiger partial charge in [-0.15, -0.1) is 0 Å². The summed E-state index contributed by atoms with van der Waals surface area (Å²) >= 11 is 0. The van der Waals surface area contributed by atoms with Crippen LogP contribution in [0.1, 0.15) is 13.3 Å². The molecule has 20 heavy (non-hydrogen) atoms. The maximum Gasteiger partial charge on any atom is 0.245 e. The zero-order valence-corrected chi connectivity index (χ0v) is 12.1. The normalized spacial score (nSPS) is 18.7. The Kier molecular flexibility index (Phi) is 5.17. The number of hydrogen-bond donors (Lipinski definition) is 2. The topological polar surface area (TPSA) is 66.5 Å². The quantitative estimate of drug-likeness (QED) is 0.836. The summed E-state index contributed by atoms with van der Waals surface area (Å²) in [6, 6.07) is 5.45. The van der Waals surface area contributed by atoms with Gasteiger partial charge in [-0.2, -0.15) is 0 Å². The van der Waals surface area contributed by atoms with Gasteiger partial charge in [0.15, 0.2) is 0 Å². The Morgan fingerprint density at radius 2 is 2.40 bits per heavy atom. The van der Waals surface area contributed by atoms with Crippen molar-refractivity contribution in [1.29, 1.82) is 0 Å². The molecule has 6 heteroatoms. The highest BCUT2D eigenvalue weighted by molar-refractivity contribution is 5.85. The molecule has 6 nitrogen and oxygen atoms in total. The molecule has 1 aromatic heterocycles. The highest BCUT2D eigenvalue weighted by atomic mass is 16.5. The fourth-order valence-electron chi connectivity index (χ4n) is 2.18. The summed E-state index contributed by atoms with van der Waals surface area (Å²) in [5.74, 6) is 1.60. The smallest absolute Gasteiger partial charge is 0.245 e. The number of nitrogens with zero attached hydrogens (tertiary/aromatic N) is 2. The molecule has 0 spiro atoms. The fraction of sp³-hybridized carbons (Fsp3) is 0.571. The molecule has 1 fully saturated rings. The summed E-state index contributed by atoms with van der Waals surface area (Å²) in [6.07, 6.45) is 0.923. The Bertz CT molecular complexity index is 453. The molecule has 1 aliphatic heterocycles. The molecular weight excluding hydrogens is 256 g/mol. The van der Waals surface area contributed by atoms with Gasteiger partial charge in [0.2, 0.25) is 5.91 Å². The van der Waals surface area contributed by atoms with Crippen LogP contribution in [0.15, 0.2) is 18.2 Å². The van der Waals surface area contributed by atoms with Crippen LogP contribution in [0.3, 0.4) is 0 Å². The van der Waals surface area contributed by atoms with Crippen LogP contribution in [-0.4, -0.2) is 50.3 Å². The van der Waals surface area contributed by atoms with Crippen molar-refractivity contribution in [2.75, 3.05) is 43.6 Å². The molecule has 2 rings (SSSR count). The molecular formula is C14H22N4O2. The van der Waals surface area contributed by atoms with Gasteiger partial charge in [-0.3, -0.25) is 4.79 Å². The monoisotopic (exact) mass is 278 g/mol. The molecule has 1 aliphatic rings. The van der Waals surface area contributed by atoms with Crippen LogP contribution >= 0.6 is 0 Å². The van der Waals surface area contributed by atoms with Gasteiger partial charge in [0.25, 0.3) is 0 Å². The Morgan fingerprint density at radius 3 is 3.15 bits per heavy atom. The molecule has 0 bridgehead atoms. The number of carbonyl (C=O) groups excluding carboxylic acids is 1. The van der Waals surface area contributed by atoms with Crippen molar-refractivity contribution in [3.63, 3.8) is 0 Å². The second-order valence-corrected chi connectivity index (χ2v) is 4.71. The van der Waals surface area contributed by atoms with Gasteiger partial charge in [-0.25, -0.2) is 4.98 Å². The molecule has 1 amide bonds. The molecule has 2 N–H and O–H groups in total. The number of nitrogens with one attached hydrogen (secondary N) is 2. The van der Waals surface area contributed by atoms with E-state index in [2.05, 4.69) is 15.6 Å². The number of rotatable bonds is 5. The number of pyridine rings is 1. The largest absolute Gasteiger partial charge is 0.377 e. The predicted octanol–water partition coefficient (Wildman–Crippen LogP) is 0.855. The van der Waals surface area contributed by atoms with E-state index in [0.29, 0.717) is 26.3 Å². The number of carbonyl (C=O) groups is 1. The van der Waals surface area contributed by atoms with Gasteiger partial charge < -0.3 is 20.3 Å². The minimum atomic E-state index is -0.310. The van der Waals surface area contributed by atoms with Crippen LogP contribution < -0.4 is 15.5 Å². The first-order valence-electron chi connectivity index (χ1n) is 7.03. The predicted molar refractivity (Wildman–Crippen MR) is 79.0 cm³/mol. The first kappa shape index (κ1) is 14.6. The first-order valence-corrected chi connectivity index (χ1v) is 7.03. The standard InChI is InChI=1S/C14H22N4O2/c1-3-7-16-14(19)11-10-20-9-8-18(11)13-6-4-5-12(15-2)17-13/h4-6,11H,3,7-10H2,1-2H3,(H,15,17)(H,16,19). The van der Waals surface area contributed by atoms with E-state index < -0.39 is 0 Å². The van der Waals surface area contributed by atoms with E-state index in [1.807, 2.05) is 37.1 Å². The highest BCUT2D eigenvalue weighted by Crippen LogP contribution is 2.19. The van der Waals surface area contributed by atoms with E-state index in [0.717, 1.165) is 18.1 Å². The third-order valence-corrected chi connectivity index (χ3v) is 3.27. The number of anilines is 2. The van der Waals surface area contributed by atoms with Gasteiger partial charge in [-0.1, -0.05) is 13.0 Å². The van der Waals surface area contributed by atoms with Crippen molar-refractivity contribution >= 4 is 17.5 Å². The summed E-state index contributed by atoms with van der Waals surface area (Å²) in [6.45, 7) is 4.41.